The van der Waals surface area contributed by atoms with Gasteiger partial charge in [0.1, 0.15) is 5.76 Å². The molecule has 2 unspecified atom stereocenters. The highest BCUT2D eigenvalue weighted by molar-refractivity contribution is 5.10. The van der Waals surface area contributed by atoms with Crippen LogP contribution in [0, 0.1) is 11.3 Å². The number of furan rings is 1. The Balaban J connectivity index is 2.15. The van der Waals surface area contributed by atoms with E-state index < -0.39 is 0 Å². The molecule has 0 aliphatic heterocycles. The van der Waals surface area contributed by atoms with Crippen molar-refractivity contribution in [2.45, 2.75) is 39.0 Å². The summed E-state index contributed by atoms with van der Waals surface area (Å²) in [6.45, 7) is 5.85. The van der Waals surface area contributed by atoms with Crippen LogP contribution in [0.3, 0.4) is 0 Å². The van der Waals surface area contributed by atoms with Crippen molar-refractivity contribution in [3.63, 3.8) is 0 Å². The average Bonchev–Trinajstić information content (AvgIpc) is 2.74. The first-order chi connectivity index (χ1) is 7.62. The van der Waals surface area contributed by atoms with E-state index in [4.69, 9.17) is 4.42 Å². The second-order valence-corrected chi connectivity index (χ2v) is 5.85. The SMILES string of the molecule is CNCC1CCC(C)(C)CC1c1ccco1. The van der Waals surface area contributed by atoms with E-state index in [2.05, 4.69) is 25.2 Å². The zero-order valence-electron chi connectivity index (χ0n) is 10.6. The molecule has 2 nitrogen and oxygen atoms in total. The van der Waals surface area contributed by atoms with Gasteiger partial charge in [-0.3, -0.25) is 0 Å². The molecule has 0 bridgehead atoms. The third-order valence-electron chi connectivity index (χ3n) is 3.91. The zero-order valence-corrected chi connectivity index (χ0v) is 10.6. The number of nitrogens with one attached hydrogen (secondary N) is 1. The fourth-order valence-corrected chi connectivity index (χ4v) is 2.98. The van der Waals surface area contributed by atoms with Gasteiger partial charge in [-0.2, -0.15) is 0 Å². The van der Waals surface area contributed by atoms with E-state index in [1.165, 1.54) is 25.0 Å². The van der Waals surface area contributed by atoms with Crippen molar-refractivity contribution in [2.24, 2.45) is 11.3 Å². The molecule has 1 fully saturated rings. The van der Waals surface area contributed by atoms with Gasteiger partial charge in [-0.05, 0) is 56.3 Å². The highest BCUT2D eigenvalue weighted by Gasteiger charge is 2.36. The van der Waals surface area contributed by atoms with Gasteiger partial charge in [0.05, 0.1) is 6.26 Å². The van der Waals surface area contributed by atoms with E-state index in [0.717, 1.165) is 12.5 Å². The fraction of sp³-hybridized carbons (Fsp3) is 0.714. The molecule has 2 heteroatoms. The third kappa shape index (κ3) is 2.49. The lowest BCUT2D eigenvalue weighted by Gasteiger charge is -2.40. The van der Waals surface area contributed by atoms with Crippen molar-refractivity contribution in [1.82, 2.24) is 5.32 Å². The molecule has 0 saturated heterocycles. The van der Waals surface area contributed by atoms with Gasteiger partial charge < -0.3 is 9.73 Å². The molecule has 1 aromatic heterocycles. The first-order valence-electron chi connectivity index (χ1n) is 6.30. The Morgan fingerprint density at radius 2 is 2.31 bits per heavy atom. The first-order valence-corrected chi connectivity index (χ1v) is 6.30. The molecule has 1 saturated carbocycles. The van der Waals surface area contributed by atoms with Crippen LogP contribution in [0.4, 0.5) is 0 Å². The van der Waals surface area contributed by atoms with Crippen molar-refractivity contribution < 1.29 is 4.42 Å². The molecular formula is C14H23NO. The van der Waals surface area contributed by atoms with Gasteiger partial charge in [0.2, 0.25) is 0 Å². The summed E-state index contributed by atoms with van der Waals surface area (Å²) in [5, 5.41) is 3.32. The lowest BCUT2D eigenvalue weighted by atomic mass is 9.66. The van der Waals surface area contributed by atoms with Gasteiger partial charge in [0.25, 0.3) is 0 Å². The van der Waals surface area contributed by atoms with Gasteiger partial charge in [-0.1, -0.05) is 13.8 Å². The summed E-state index contributed by atoms with van der Waals surface area (Å²) in [6.07, 6.45) is 5.68. The smallest absolute Gasteiger partial charge is 0.107 e. The maximum Gasteiger partial charge on any atom is 0.107 e. The van der Waals surface area contributed by atoms with E-state index >= 15 is 0 Å². The summed E-state index contributed by atoms with van der Waals surface area (Å²) in [5.41, 5.74) is 0.460. The summed E-state index contributed by atoms with van der Waals surface area (Å²) in [5.74, 6) is 2.49. The summed E-state index contributed by atoms with van der Waals surface area (Å²) in [7, 11) is 2.04. The van der Waals surface area contributed by atoms with Crippen LogP contribution in [0.25, 0.3) is 0 Å². The Hall–Kier alpha value is -0.760. The molecule has 0 aromatic carbocycles. The Kier molecular flexibility index (Phi) is 3.38. The highest BCUT2D eigenvalue weighted by Crippen LogP contribution is 2.46. The molecule has 1 N–H and O–H groups in total. The molecule has 1 aromatic rings. The molecular weight excluding hydrogens is 198 g/mol. The second kappa shape index (κ2) is 4.62. The predicted molar refractivity (Wildman–Crippen MR) is 66.5 cm³/mol. The van der Waals surface area contributed by atoms with Gasteiger partial charge in [0.15, 0.2) is 0 Å². The largest absolute Gasteiger partial charge is 0.469 e. The lowest BCUT2D eigenvalue weighted by Crippen LogP contribution is -2.33. The van der Waals surface area contributed by atoms with Crippen LogP contribution in [-0.2, 0) is 0 Å². The van der Waals surface area contributed by atoms with Crippen molar-refractivity contribution in [2.75, 3.05) is 13.6 Å². The van der Waals surface area contributed by atoms with Gasteiger partial charge >= 0.3 is 0 Å². The molecule has 1 aliphatic rings. The molecule has 0 spiro atoms. The van der Waals surface area contributed by atoms with Crippen molar-refractivity contribution in [3.05, 3.63) is 24.2 Å². The van der Waals surface area contributed by atoms with E-state index in [1.807, 2.05) is 13.1 Å². The summed E-state index contributed by atoms with van der Waals surface area (Å²) in [6, 6.07) is 4.14. The predicted octanol–water partition coefficient (Wildman–Crippen LogP) is 3.41. The van der Waals surface area contributed by atoms with Crippen LogP contribution in [0.1, 0.15) is 44.8 Å². The minimum absolute atomic E-state index is 0.460. The average molecular weight is 221 g/mol. The molecule has 2 atom stereocenters. The van der Waals surface area contributed by atoms with Crippen LogP contribution in [0.15, 0.2) is 22.8 Å². The van der Waals surface area contributed by atoms with Gasteiger partial charge in [-0.25, -0.2) is 0 Å². The maximum atomic E-state index is 5.62. The number of hydrogen-bond acceptors (Lipinski definition) is 2. The maximum absolute atomic E-state index is 5.62. The van der Waals surface area contributed by atoms with Crippen molar-refractivity contribution >= 4 is 0 Å². The van der Waals surface area contributed by atoms with Crippen LogP contribution >= 0.6 is 0 Å². The highest BCUT2D eigenvalue weighted by atomic mass is 16.3. The van der Waals surface area contributed by atoms with E-state index in [-0.39, 0.29) is 0 Å². The first kappa shape index (κ1) is 11.7. The molecule has 1 heterocycles. The lowest BCUT2D eigenvalue weighted by molar-refractivity contribution is 0.147. The number of rotatable bonds is 3. The summed E-state index contributed by atoms with van der Waals surface area (Å²) in [4.78, 5) is 0. The Labute approximate surface area is 98.4 Å². The van der Waals surface area contributed by atoms with Gasteiger partial charge in [-0.15, -0.1) is 0 Å². The monoisotopic (exact) mass is 221 g/mol. The Morgan fingerprint density at radius 1 is 1.50 bits per heavy atom. The van der Waals surface area contributed by atoms with E-state index in [1.54, 1.807) is 6.26 Å². The molecule has 0 radical (unpaired) electrons. The molecule has 1 aliphatic carbocycles. The van der Waals surface area contributed by atoms with Crippen LogP contribution in [-0.4, -0.2) is 13.6 Å². The molecule has 90 valence electrons. The Bertz CT molecular complexity index is 315. The minimum atomic E-state index is 0.460. The van der Waals surface area contributed by atoms with Crippen LogP contribution < -0.4 is 5.32 Å². The second-order valence-electron chi connectivity index (χ2n) is 5.85. The standard InChI is InChI=1S/C14H23NO/c1-14(2)7-6-11(10-15-3)12(9-14)13-5-4-8-16-13/h4-5,8,11-12,15H,6-7,9-10H2,1-3H3. The quantitative estimate of drug-likeness (QED) is 0.846. The minimum Gasteiger partial charge on any atom is -0.469 e. The van der Waals surface area contributed by atoms with Crippen molar-refractivity contribution in [1.29, 1.82) is 0 Å². The third-order valence-corrected chi connectivity index (χ3v) is 3.91. The summed E-state index contributed by atoms with van der Waals surface area (Å²) < 4.78 is 5.62. The molecule has 2 rings (SSSR count). The zero-order chi connectivity index (χ0) is 11.6. The van der Waals surface area contributed by atoms with Crippen molar-refractivity contribution in [3.8, 4) is 0 Å². The van der Waals surface area contributed by atoms with E-state index in [9.17, 15) is 0 Å². The number of hydrogen-bond donors (Lipinski definition) is 1. The summed E-state index contributed by atoms with van der Waals surface area (Å²) >= 11 is 0. The molecule has 16 heavy (non-hydrogen) atoms. The van der Waals surface area contributed by atoms with Gasteiger partial charge in [0, 0.05) is 5.92 Å². The normalized spacial score (nSPS) is 29.2. The fourth-order valence-electron chi connectivity index (χ4n) is 2.98. The topological polar surface area (TPSA) is 25.2 Å². The van der Waals surface area contributed by atoms with Crippen LogP contribution in [0.5, 0.6) is 0 Å². The van der Waals surface area contributed by atoms with E-state index in [0.29, 0.717) is 11.3 Å². The Morgan fingerprint density at radius 3 is 2.94 bits per heavy atom. The van der Waals surface area contributed by atoms with Crippen LogP contribution in [0.2, 0.25) is 0 Å². The molecule has 0 amide bonds.